The van der Waals surface area contributed by atoms with Crippen LogP contribution in [0.3, 0.4) is 0 Å². The molecule has 1 atom stereocenters. The molecular weight excluding hydrogens is 538 g/mol. The molecule has 0 fully saturated rings. The second kappa shape index (κ2) is 10.9. The molecule has 0 bridgehead atoms. The summed E-state index contributed by atoms with van der Waals surface area (Å²) in [6.45, 7) is 1.73. The standard InChI is InChI=1S/C31H23F4N3O3/c1-18(20-5-7-22(8-6-20)30(40)41)37-29(39)27-15-23(21-9-11-26(32)12-10-21)14-24-16-36-38(28(24)27)17-19-3-2-4-25(13-19)31(33,34)35/h2-16,18H,17H2,1H3,(H,37,39)(H,40,41)/t18-/m0/s1. The third-order valence-corrected chi connectivity index (χ3v) is 6.75. The van der Waals surface area contributed by atoms with Gasteiger partial charge in [-0.15, -0.1) is 0 Å². The van der Waals surface area contributed by atoms with Crippen LogP contribution in [0.25, 0.3) is 22.0 Å². The molecule has 0 radical (unpaired) electrons. The van der Waals surface area contributed by atoms with Gasteiger partial charge >= 0.3 is 12.1 Å². The molecule has 0 aliphatic heterocycles. The van der Waals surface area contributed by atoms with Crippen LogP contribution in [0.15, 0.2) is 91.1 Å². The fourth-order valence-corrected chi connectivity index (χ4v) is 4.63. The maximum Gasteiger partial charge on any atom is 0.416 e. The van der Waals surface area contributed by atoms with Gasteiger partial charge in [0.05, 0.1) is 41.0 Å². The van der Waals surface area contributed by atoms with Crippen molar-refractivity contribution in [3.63, 3.8) is 0 Å². The van der Waals surface area contributed by atoms with E-state index in [0.29, 0.717) is 33.2 Å². The third kappa shape index (κ3) is 5.96. The van der Waals surface area contributed by atoms with Crippen molar-refractivity contribution < 1.29 is 32.3 Å². The number of alkyl halides is 3. The van der Waals surface area contributed by atoms with Gasteiger partial charge in [0.15, 0.2) is 0 Å². The Morgan fingerprint density at radius 1 is 0.951 bits per heavy atom. The molecule has 5 rings (SSSR count). The first-order chi connectivity index (χ1) is 19.5. The lowest BCUT2D eigenvalue weighted by atomic mass is 9.99. The van der Waals surface area contributed by atoms with Crippen LogP contribution in [0.2, 0.25) is 0 Å². The quantitative estimate of drug-likeness (QED) is 0.208. The van der Waals surface area contributed by atoms with Gasteiger partial charge in [-0.1, -0.05) is 36.4 Å². The first-order valence-corrected chi connectivity index (χ1v) is 12.6. The largest absolute Gasteiger partial charge is 0.478 e. The molecule has 6 nitrogen and oxygen atoms in total. The number of hydrogen-bond acceptors (Lipinski definition) is 3. The summed E-state index contributed by atoms with van der Waals surface area (Å²) in [6.07, 6.45) is -2.98. The van der Waals surface area contributed by atoms with E-state index in [4.69, 9.17) is 5.11 Å². The number of carbonyl (C=O) groups excluding carboxylic acids is 1. The molecule has 10 heteroatoms. The van der Waals surface area contributed by atoms with E-state index in [0.717, 1.165) is 12.1 Å². The zero-order valence-corrected chi connectivity index (χ0v) is 21.6. The van der Waals surface area contributed by atoms with Crippen molar-refractivity contribution in [3.05, 3.63) is 125 Å². The van der Waals surface area contributed by atoms with Crippen LogP contribution in [0.4, 0.5) is 17.6 Å². The number of carboxylic acid groups (broad SMARTS) is 1. The van der Waals surface area contributed by atoms with Crippen molar-refractivity contribution in [2.24, 2.45) is 0 Å². The van der Waals surface area contributed by atoms with Crippen LogP contribution in [-0.2, 0) is 12.7 Å². The summed E-state index contributed by atoms with van der Waals surface area (Å²) in [6, 6.07) is 19.7. The minimum atomic E-state index is -4.50. The molecule has 0 saturated carbocycles. The van der Waals surface area contributed by atoms with Gasteiger partial charge in [0.25, 0.3) is 5.91 Å². The highest BCUT2D eigenvalue weighted by Gasteiger charge is 2.30. The molecule has 0 aliphatic rings. The van der Waals surface area contributed by atoms with E-state index in [9.17, 15) is 27.2 Å². The number of nitrogens with one attached hydrogen (secondary N) is 1. The Hall–Kier alpha value is -4.99. The van der Waals surface area contributed by atoms with Gasteiger partial charge in [-0.05, 0) is 77.7 Å². The Morgan fingerprint density at radius 3 is 2.32 bits per heavy atom. The molecule has 2 N–H and O–H groups in total. The summed E-state index contributed by atoms with van der Waals surface area (Å²) in [5, 5.41) is 17.0. The average Bonchev–Trinajstić information content (AvgIpc) is 3.35. The maximum absolute atomic E-state index is 13.7. The number of aromatic carboxylic acids is 1. The topological polar surface area (TPSA) is 84.2 Å². The number of carboxylic acids is 1. The lowest BCUT2D eigenvalue weighted by molar-refractivity contribution is -0.137. The second-order valence-corrected chi connectivity index (χ2v) is 9.59. The fourth-order valence-electron chi connectivity index (χ4n) is 4.63. The van der Waals surface area contributed by atoms with Gasteiger partial charge in [0.1, 0.15) is 5.82 Å². The Labute approximate surface area is 231 Å². The van der Waals surface area contributed by atoms with Crippen LogP contribution in [-0.4, -0.2) is 26.8 Å². The van der Waals surface area contributed by atoms with Gasteiger partial charge in [0.2, 0.25) is 0 Å². The highest BCUT2D eigenvalue weighted by molar-refractivity contribution is 6.07. The number of halogens is 4. The zero-order valence-electron chi connectivity index (χ0n) is 21.6. The van der Waals surface area contributed by atoms with Gasteiger partial charge in [-0.3, -0.25) is 9.48 Å². The molecule has 1 heterocycles. The highest BCUT2D eigenvalue weighted by Crippen LogP contribution is 2.32. The number of hydrogen-bond donors (Lipinski definition) is 2. The molecule has 1 amide bonds. The SMILES string of the molecule is C[C@H](NC(=O)c1cc(-c2ccc(F)cc2)cc2cnn(Cc3cccc(C(F)(F)F)c3)c12)c1ccc(C(=O)O)cc1. The minimum absolute atomic E-state index is 0.0181. The fraction of sp³-hybridized carbons (Fsp3) is 0.129. The minimum Gasteiger partial charge on any atom is -0.478 e. The van der Waals surface area contributed by atoms with E-state index in [-0.39, 0.29) is 17.7 Å². The molecule has 4 aromatic carbocycles. The summed E-state index contributed by atoms with van der Waals surface area (Å²) < 4.78 is 54.9. The molecule has 0 spiro atoms. The van der Waals surface area contributed by atoms with Crippen molar-refractivity contribution in [1.29, 1.82) is 0 Å². The number of aromatic nitrogens is 2. The Kier molecular flexibility index (Phi) is 7.32. The zero-order chi connectivity index (χ0) is 29.3. The molecule has 1 aromatic heterocycles. The molecule has 0 aliphatic carbocycles. The van der Waals surface area contributed by atoms with Crippen LogP contribution in [0.5, 0.6) is 0 Å². The molecule has 5 aromatic rings. The Balaban J connectivity index is 1.55. The number of carbonyl (C=O) groups is 2. The third-order valence-electron chi connectivity index (χ3n) is 6.75. The first-order valence-electron chi connectivity index (χ1n) is 12.6. The highest BCUT2D eigenvalue weighted by atomic mass is 19.4. The number of fused-ring (bicyclic) bond motifs is 1. The molecule has 0 saturated heterocycles. The summed E-state index contributed by atoms with van der Waals surface area (Å²) in [4.78, 5) is 24.9. The van der Waals surface area contributed by atoms with Crippen molar-refractivity contribution in [3.8, 4) is 11.1 Å². The van der Waals surface area contributed by atoms with E-state index in [1.165, 1.54) is 41.2 Å². The number of benzene rings is 4. The number of rotatable bonds is 7. The number of amides is 1. The summed E-state index contributed by atoms with van der Waals surface area (Å²) in [7, 11) is 0. The van der Waals surface area contributed by atoms with Gasteiger partial charge in [-0.25, -0.2) is 9.18 Å². The summed E-state index contributed by atoms with van der Waals surface area (Å²) in [5.74, 6) is -1.95. The van der Waals surface area contributed by atoms with E-state index < -0.39 is 35.5 Å². The predicted octanol–water partition coefficient (Wildman–Crippen LogP) is 7.10. The van der Waals surface area contributed by atoms with Crippen LogP contribution in [0.1, 0.15) is 50.4 Å². The average molecular weight is 562 g/mol. The lowest BCUT2D eigenvalue weighted by Gasteiger charge is -2.17. The van der Waals surface area contributed by atoms with Gasteiger partial charge in [0, 0.05) is 5.39 Å². The molecule has 41 heavy (non-hydrogen) atoms. The van der Waals surface area contributed by atoms with Crippen LogP contribution < -0.4 is 5.32 Å². The van der Waals surface area contributed by atoms with Crippen molar-refractivity contribution in [2.45, 2.75) is 25.7 Å². The van der Waals surface area contributed by atoms with E-state index >= 15 is 0 Å². The molecular formula is C31H23F4N3O3. The predicted molar refractivity (Wildman–Crippen MR) is 145 cm³/mol. The monoisotopic (exact) mass is 561 g/mol. The van der Waals surface area contributed by atoms with E-state index in [1.807, 2.05) is 0 Å². The second-order valence-electron chi connectivity index (χ2n) is 9.59. The van der Waals surface area contributed by atoms with Crippen LogP contribution in [0, 0.1) is 5.82 Å². The smallest absolute Gasteiger partial charge is 0.416 e. The normalized spacial score (nSPS) is 12.3. The molecule has 208 valence electrons. The van der Waals surface area contributed by atoms with Crippen LogP contribution >= 0.6 is 0 Å². The van der Waals surface area contributed by atoms with E-state index in [1.54, 1.807) is 49.4 Å². The van der Waals surface area contributed by atoms with Crippen molar-refractivity contribution in [1.82, 2.24) is 15.1 Å². The first kappa shape index (κ1) is 27.6. The lowest BCUT2D eigenvalue weighted by Crippen LogP contribution is -2.27. The van der Waals surface area contributed by atoms with Crippen molar-refractivity contribution >= 4 is 22.8 Å². The van der Waals surface area contributed by atoms with Gasteiger partial charge in [-0.2, -0.15) is 18.3 Å². The molecule has 0 unspecified atom stereocenters. The Morgan fingerprint density at radius 2 is 1.66 bits per heavy atom. The summed E-state index contributed by atoms with van der Waals surface area (Å²) in [5.41, 5.74) is 2.27. The summed E-state index contributed by atoms with van der Waals surface area (Å²) >= 11 is 0. The van der Waals surface area contributed by atoms with Crippen molar-refractivity contribution in [2.75, 3.05) is 0 Å². The number of nitrogens with zero attached hydrogens (tertiary/aromatic N) is 2. The van der Waals surface area contributed by atoms with E-state index in [2.05, 4.69) is 10.4 Å². The maximum atomic E-state index is 13.7. The Bertz CT molecular complexity index is 1740. The van der Waals surface area contributed by atoms with Gasteiger partial charge < -0.3 is 10.4 Å².